The first-order chi connectivity index (χ1) is 18.4. The van der Waals surface area contributed by atoms with Gasteiger partial charge in [-0.05, 0) is 25.7 Å². The lowest BCUT2D eigenvalue weighted by Crippen LogP contribution is -2.56. The monoisotopic (exact) mass is 613 g/mol. The van der Waals surface area contributed by atoms with Gasteiger partial charge in [-0.15, -0.1) is 24.9 Å². The maximum Gasteiger partial charge on any atom is 0.310 e. The van der Waals surface area contributed by atoms with Crippen LogP contribution in [-0.4, -0.2) is 124 Å². The first kappa shape index (κ1) is 29.6. The Balaban J connectivity index is 1.61. The molecule has 0 aromatic rings. The standard InChI is InChI=1S/C27H40BrN3O6S/c1-3-5-15-37-26(35)20-21-24(33)31(9-6-7-14-32)23(27(21)18-19(28)22(20)38-27)25(34)30(8-4-2)11-10-29-12-16-36-17-13-29/h3-4,19-23,32H,1-2,5-18H2/t19?,20-,21-,22-,23?,27?/m0/s1. The van der Waals surface area contributed by atoms with E-state index in [0.717, 1.165) is 19.6 Å². The van der Waals surface area contributed by atoms with Crippen molar-refractivity contribution in [3.63, 3.8) is 0 Å². The largest absolute Gasteiger partial charge is 0.465 e. The van der Waals surface area contributed by atoms with E-state index in [9.17, 15) is 19.5 Å². The maximum absolute atomic E-state index is 14.4. The number of thioether (sulfide) groups is 1. The lowest BCUT2D eigenvalue weighted by atomic mass is 9.71. The lowest BCUT2D eigenvalue weighted by Gasteiger charge is -2.38. The molecule has 0 aromatic carbocycles. The van der Waals surface area contributed by atoms with E-state index in [2.05, 4.69) is 34.0 Å². The van der Waals surface area contributed by atoms with Crippen molar-refractivity contribution in [2.24, 2.45) is 11.8 Å². The number of hydrogen-bond donors (Lipinski definition) is 1. The zero-order chi connectivity index (χ0) is 27.3. The van der Waals surface area contributed by atoms with E-state index in [-0.39, 0.29) is 41.1 Å². The highest BCUT2D eigenvalue weighted by molar-refractivity contribution is 9.09. The van der Waals surface area contributed by atoms with Crippen LogP contribution in [0.2, 0.25) is 0 Å². The fourth-order valence-corrected chi connectivity index (χ4v) is 9.95. The molecule has 4 rings (SSSR count). The van der Waals surface area contributed by atoms with E-state index in [1.54, 1.807) is 28.8 Å². The van der Waals surface area contributed by atoms with Gasteiger partial charge >= 0.3 is 5.97 Å². The van der Waals surface area contributed by atoms with Gasteiger partial charge in [0, 0.05) is 56.0 Å². The highest BCUT2D eigenvalue weighted by atomic mass is 79.9. The van der Waals surface area contributed by atoms with Crippen molar-refractivity contribution in [2.45, 2.75) is 46.5 Å². The molecule has 0 saturated carbocycles. The number of ether oxygens (including phenoxy) is 2. The molecule has 0 radical (unpaired) electrons. The summed E-state index contributed by atoms with van der Waals surface area (Å²) in [6, 6.07) is -0.677. The molecule has 6 atom stereocenters. The van der Waals surface area contributed by atoms with Crippen LogP contribution < -0.4 is 0 Å². The summed E-state index contributed by atoms with van der Waals surface area (Å²) in [5.41, 5.74) is 0. The lowest BCUT2D eigenvalue weighted by molar-refractivity contribution is -0.154. The van der Waals surface area contributed by atoms with Crippen LogP contribution in [0.15, 0.2) is 25.3 Å². The van der Waals surface area contributed by atoms with Crippen LogP contribution >= 0.6 is 27.7 Å². The molecule has 3 unspecified atom stereocenters. The Morgan fingerprint density at radius 1 is 1.24 bits per heavy atom. The molecule has 4 aliphatic rings. The van der Waals surface area contributed by atoms with E-state index in [4.69, 9.17) is 9.47 Å². The van der Waals surface area contributed by atoms with Crippen molar-refractivity contribution in [3.05, 3.63) is 25.3 Å². The van der Waals surface area contributed by atoms with Gasteiger partial charge < -0.3 is 24.4 Å². The Labute approximate surface area is 238 Å². The summed E-state index contributed by atoms with van der Waals surface area (Å²) in [5, 5.41) is 9.24. The molecular formula is C27H40BrN3O6S. The van der Waals surface area contributed by atoms with Crippen LogP contribution in [0.25, 0.3) is 0 Å². The zero-order valence-corrected chi connectivity index (χ0v) is 24.4. The third kappa shape index (κ3) is 5.73. The Bertz CT molecular complexity index is 902. The van der Waals surface area contributed by atoms with Crippen molar-refractivity contribution in [3.8, 4) is 0 Å². The molecule has 9 nitrogen and oxygen atoms in total. The summed E-state index contributed by atoms with van der Waals surface area (Å²) in [7, 11) is 0. The third-order valence-corrected chi connectivity index (χ3v) is 11.3. The highest BCUT2D eigenvalue weighted by Crippen LogP contribution is 2.68. The third-order valence-electron chi connectivity index (χ3n) is 8.12. The van der Waals surface area contributed by atoms with Crippen molar-refractivity contribution in [2.75, 3.05) is 65.7 Å². The Hall–Kier alpha value is -1.40. The SMILES string of the molecule is C=CCCOC(=O)[C@H]1[C@H]2C(=O)N(CCCCO)C(C(=O)N(CC=C)CCN3CCOCC3)C23CC(Br)[C@@H]1S3. The second-order valence-corrected chi connectivity index (χ2v) is 13.1. The van der Waals surface area contributed by atoms with Gasteiger partial charge in [0.2, 0.25) is 11.8 Å². The molecule has 2 amide bonds. The van der Waals surface area contributed by atoms with Crippen LogP contribution in [0.1, 0.15) is 25.7 Å². The molecule has 4 fully saturated rings. The van der Waals surface area contributed by atoms with E-state index < -0.39 is 22.6 Å². The van der Waals surface area contributed by atoms with Gasteiger partial charge in [-0.25, -0.2) is 0 Å². The van der Waals surface area contributed by atoms with Crippen molar-refractivity contribution in [1.29, 1.82) is 0 Å². The second kappa shape index (κ2) is 13.3. The van der Waals surface area contributed by atoms with Gasteiger partial charge in [-0.2, -0.15) is 0 Å². The van der Waals surface area contributed by atoms with Crippen LogP contribution in [0, 0.1) is 11.8 Å². The molecule has 212 valence electrons. The van der Waals surface area contributed by atoms with E-state index >= 15 is 0 Å². The Morgan fingerprint density at radius 2 is 2.00 bits per heavy atom. The zero-order valence-electron chi connectivity index (χ0n) is 22.0. The predicted molar refractivity (Wildman–Crippen MR) is 150 cm³/mol. The van der Waals surface area contributed by atoms with Gasteiger partial charge in [-0.1, -0.05) is 28.1 Å². The van der Waals surface area contributed by atoms with Gasteiger partial charge in [0.1, 0.15) is 6.04 Å². The van der Waals surface area contributed by atoms with Crippen LogP contribution in [0.4, 0.5) is 0 Å². The molecule has 0 aromatic heterocycles. The predicted octanol–water partition coefficient (Wildman–Crippen LogP) is 1.69. The minimum absolute atomic E-state index is 0.00222. The summed E-state index contributed by atoms with van der Waals surface area (Å²) in [5.74, 6) is -1.81. The molecule has 4 saturated heterocycles. The smallest absolute Gasteiger partial charge is 0.310 e. The summed E-state index contributed by atoms with van der Waals surface area (Å²) in [4.78, 5) is 47.4. The summed E-state index contributed by atoms with van der Waals surface area (Å²) in [6.45, 7) is 12.8. The minimum atomic E-state index is -0.702. The number of alkyl halides is 1. The summed E-state index contributed by atoms with van der Waals surface area (Å²) < 4.78 is 10.3. The van der Waals surface area contributed by atoms with Crippen molar-refractivity contribution in [1.82, 2.24) is 14.7 Å². The number of halogens is 1. The molecule has 11 heteroatoms. The molecular weight excluding hydrogens is 574 g/mol. The van der Waals surface area contributed by atoms with Gasteiger partial charge in [0.25, 0.3) is 0 Å². The van der Waals surface area contributed by atoms with Crippen molar-refractivity contribution < 1.29 is 29.0 Å². The second-order valence-electron chi connectivity index (χ2n) is 10.4. The molecule has 1 N–H and O–H groups in total. The number of carbonyl (C=O) groups is 3. The number of morpholine rings is 1. The maximum atomic E-state index is 14.4. The number of rotatable bonds is 14. The van der Waals surface area contributed by atoms with Crippen LogP contribution in [-0.2, 0) is 23.9 Å². The fourth-order valence-electron chi connectivity index (χ4n) is 6.36. The first-order valence-electron chi connectivity index (χ1n) is 13.6. The van der Waals surface area contributed by atoms with E-state index in [1.165, 1.54) is 0 Å². The number of nitrogens with zero attached hydrogens (tertiary/aromatic N) is 3. The average Bonchev–Trinajstić information content (AvgIpc) is 3.50. The molecule has 4 aliphatic heterocycles. The number of unbranched alkanes of at least 4 members (excludes halogenated alkanes) is 1. The normalized spacial score (nSPS) is 32.3. The molecule has 1 spiro atoms. The van der Waals surface area contributed by atoms with Crippen molar-refractivity contribution >= 4 is 45.5 Å². The number of hydrogen-bond acceptors (Lipinski definition) is 8. The quantitative estimate of drug-likeness (QED) is 0.137. The summed E-state index contributed by atoms with van der Waals surface area (Å²) >= 11 is 5.40. The Kier molecular flexibility index (Phi) is 10.4. The minimum Gasteiger partial charge on any atom is -0.465 e. The highest BCUT2D eigenvalue weighted by Gasteiger charge is 2.76. The van der Waals surface area contributed by atoms with Gasteiger partial charge in [-0.3, -0.25) is 19.3 Å². The van der Waals surface area contributed by atoms with Gasteiger partial charge in [0.15, 0.2) is 0 Å². The number of fused-ring (bicyclic) bond motifs is 1. The molecule has 2 bridgehead atoms. The number of carbonyl (C=O) groups excluding carboxylic acids is 3. The summed E-state index contributed by atoms with van der Waals surface area (Å²) in [6.07, 6.45) is 5.73. The number of aliphatic hydroxyl groups is 1. The van der Waals surface area contributed by atoms with E-state index in [0.29, 0.717) is 58.5 Å². The molecule has 4 heterocycles. The molecule has 38 heavy (non-hydrogen) atoms. The number of aliphatic hydroxyl groups excluding tert-OH is 1. The topological polar surface area (TPSA) is 99.6 Å². The number of esters is 1. The first-order valence-corrected chi connectivity index (χ1v) is 15.4. The Morgan fingerprint density at radius 3 is 2.68 bits per heavy atom. The van der Waals surface area contributed by atoms with Gasteiger partial charge in [0.05, 0.1) is 36.4 Å². The molecule has 0 aliphatic carbocycles. The number of likely N-dealkylation sites (tertiary alicyclic amines) is 1. The fraction of sp³-hybridized carbons (Fsp3) is 0.741. The van der Waals surface area contributed by atoms with Crippen LogP contribution in [0.3, 0.4) is 0 Å². The van der Waals surface area contributed by atoms with E-state index in [1.807, 2.05) is 4.90 Å². The number of amides is 2. The average molecular weight is 615 g/mol. The van der Waals surface area contributed by atoms with Crippen LogP contribution in [0.5, 0.6) is 0 Å².